The van der Waals surface area contributed by atoms with Crippen LogP contribution in [0.2, 0.25) is 0 Å². The number of nitrogens with two attached hydrogens (primary N) is 1. The highest BCUT2D eigenvalue weighted by Crippen LogP contribution is 2.23. The highest BCUT2D eigenvalue weighted by molar-refractivity contribution is 5.99. The highest BCUT2D eigenvalue weighted by atomic mass is 16.6. The Kier molecular flexibility index (Phi) is 20.4. The molecule has 50 heavy (non-hydrogen) atoms. The molecule has 2 rings (SSSR count). The van der Waals surface area contributed by atoms with Gasteiger partial charge < -0.3 is 25.3 Å². The summed E-state index contributed by atoms with van der Waals surface area (Å²) in [5, 5.41) is 3.10. The van der Waals surface area contributed by atoms with Crippen LogP contribution < -0.4 is 11.1 Å². The Bertz CT molecular complexity index is 1160. The minimum atomic E-state index is -1.38. The van der Waals surface area contributed by atoms with E-state index in [1.165, 1.54) is 44.9 Å². The average molecular weight is 702 g/mol. The van der Waals surface area contributed by atoms with Crippen molar-refractivity contribution in [3.05, 3.63) is 35.9 Å². The molecule has 1 saturated heterocycles. The molecule has 11 nitrogen and oxygen atoms in total. The van der Waals surface area contributed by atoms with Crippen molar-refractivity contribution in [1.29, 1.82) is 0 Å². The summed E-state index contributed by atoms with van der Waals surface area (Å²) in [6, 6.07) is 7.21. The van der Waals surface area contributed by atoms with Crippen molar-refractivity contribution >= 4 is 29.8 Å². The van der Waals surface area contributed by atoms with Gasteiger partial charge in [0.15, 0.2) is 0 Å². The molecule has 0 saturated carbocycles. The molecule has 1 aliphatic rings. The number of primary amides is 1. The fourth-order valence-electron chi connectivity index (χ4n) is 6.05. The van der Waals surface area contributed by atoms with E-state index in [-0.39, 0.29) is 32.3 Å². The van der Waals surface area contributed by atoms with Crippen LogP contribution in [0.3, 0.4) is 0 Å². The first kappa shape index (κ1) is 42.7. The smallest absolute Gasteiger partial charge is 0.417 e. The van der Waals surface area contributed by atoms with Crippen molar-refractivity contribution in [3.8, 4) is 0 Å². The summed E-state index contributed by atoms with van der Waals surface area (Å²) in [4.78, 5) is 66.8. The van der Waals surface area contributed by atoms with E-state index < -0.39 is 53.6 Å². The molecule has 0 unspecified atom stereocenters. The van der Waals surface area contributed by atoms with Gasteiger partial charge in [-0.25, -0.2) is 14.5 Å². The number of hydrogen-bond donors (Lipinski definition) is 2. The molecule has 0 aliphatic carbocycles. The van der Waals surface area contributed by atoms with Crippen LogP contribution >= 0.6 is 0 Å². The van der Waals surface area contributed by atoms with E-state index in [4.69, 9.17) is 19.9 Å². The lowest BCUT2D eigenvalue weighted by atomic mass is 10.0. The molecule has 3 amide bonds. The quantitative estimate of drug-likeness (QED) is 0.0643. The Morgan fingerprint density at radius 2 is 1.50 bits per heavy atom. The van der Waals surface area contributed by atoms with E-state index in [1.54, 1.807) is 20.8 Å². The predicted molar refractivity (Wildman–Crippen MR) is 193 cm³/mol. The average Bonchev–Trinajstić information content (AvgIpc) is 3.60. The van der Waals surface area contributed by atoms with Gasteiger partial charge in [0.2, 0.25) is 11.8 Å². The van der Waals surface area contributed by atoms with Crippen LogP contribution in [0.25, 0.3) is 0 Å². The van der Waals surface area contributed by atoms with Crippen molar-refractivity contribution in [2.75, 3.05) is 6.54 Å². The van der Waals surface area contributed by atoms with E-state index in [0.717, 1.165) is 42.6 Å². The number of amides is 3. The molecule has 11 heteroatoms. The van der Waals surface area contributed by atoms with Crippen molar-refractivity contribution < 1.29 is 38.2 Å². The van der Waals surface area contributed by atoms with Crippen LogP contribution in [-0.2, 0) is 40.0 Å². The fraction of sp³-hybridized carbons (Fsp3) is 0.718. The van der Waals surface area contributed by atoms with E-state index in [2.05, 4.69) is 12.2 Å². The number of carbonyl (C=O) groups is 5. The van der Waals surface area contributed by atoms with Gasteiger partial charge in [0.25, 0.3) is 0 Å². The zero-order valence-corrected chi connectivity index (χ0v) is 31.1. The molecule has 0 spiro atoms. The van der Waals surface area contributed by atoms with Crippen LogP contribution in [0, 0.1) is 0 Å². The first-order chi connectivity index (χ1) is 23.9. The van der Waals surface area contributed by atoms with E-state index in [0.29, 0.717) is 19.4 Å². The third-order valence-electron chi connectivity index (χ3n) is 8.71. The molecule has 0 radical (unpaired) electrons. The van der Waals surface area contributed by atoms with Gasteiger partial charge in [0.1, 0.15) is 24.4 Å². The molecule has 1 aliphatic heterocycles. The van der Waals surface area contributed by atoms with E-state index in [9.17, 15) is 24.0 Å². The first-order valence-corrected chi connectivity index (χ1v) is 18.9. The van der Waals surface area contributed by atoms with Crippen LogP contribution in [0.15, 0.2) is 30.3 Å². The summed E-state index contributed by atoms with van der Waals surface area (Å²) < 4.78 is 16.9. The van der Waals surface area contributed by atoms with Gasteiger partial charge in [-0.1, -0.05) is 101 Å². The fourth-order valence-corrected chi connectivity index (χ4v) is 6.05. The lowest BCUT2D eigenvalue weighted by molar-refractivity contribution is -0.161. The van der Waals surface area contributed by atoms with Crippen LogP contribution in [0.5, 0.6) is 0 Å². The van der Waals surface area contributed by atoms with Gasteiger partial charge in [0.05, 0.1) is 12.5 Å². The molecule has 3 N–H and O–H groups in total. The van der Waals surface area contributed by atoms with Crippen molar-refractivity contribution in [2.45, 2.75) is 174 Å². The zero-order valence-electron chi connectivity index (χ0n) is 31.1. The SMILES string of the molecule is CCCCCCCCCCCCC[C@@H](CC(N)=O)OC(=O)[C@H](CCCC(=O)OCc1ccccc1)N(C(=O)OC(C)(C)C)C(=O)[C@H]1CCCN1. The molecule has 0 aromatic heterocycles. The van der Waals surface area contributed by atoms with Gasteiger partial charge in [-0.2, -0.15) is 0 Å². The minimum Gasteiger partial charge on any atom is -0.461 e. The summed E-state index contributed by atoms with van der Waals surface area (Å²) in [6.07, 6.45) is 12.4. The van der Waals surface area contributed by atoms with Crippen molar-refractivity contribution in [1.82, 2.24) is 10.2 Å². The first-order valence-electron chi connectivity index (χ1n) is 18.9. The van der Waals surface area contributed by atoms with Crippen LogP contribution in [-0.4, -0.2) is 65.1 Å². The Morgan fingerprint density at radius 1 is 0.880 bits per heavy atom. The topological polar surface area (TPSA) is 154 Å². The molecule has 1 heterocycles. The molecular formula is C39H63N3O8. The monoisotopic (exact) mass is 701 g/mol. The van der Waals surface area contributed by atoms with Crippen LogP contribution in [0.1, 0.15) is 149 Å². The van der Waals surface area contributed by atoms with Gasteiger partial charge in [-0.05, 0) is 71.4 Å². The second kappa shape index (κ2) is 23.8. The number of rotatable bonds is 24. The summed E-state index contributed by atoms with van der Waals surface area (Å²) in [7, 11) is 0. The van der Waals surface area contributed by atoms with Crippen LogP contribution in [0.4, 0.5) is 4.79 Å². The summed E-state index contributed by atoms with van der Waals surface area (Å²) in [5.74, 6) is -2.52. The van der Waals surface area contributed by atoms with Gasteiger partial charge >= 0.3 is 18.0 Å². The second-order valence-corrected chi connectivity index (χ2v) is 14.4. The summed E-state index contributed by atoms with van der Waals surface area (Å²) in [5.41, 5.74) is 5.43. The minimum absolute atomic E-state index is 0.0436. The maximum atomic E-state index is 13.9. The zero-order chi connectivity index (χ0) is 36.8. The Labute approximate surface area is 299 Å². The lowest BCUT2D eigenvalue weighted by Crippen LogP contribution is -2.56. The molecule has 1 aromatic rings. The number of ether oxygens (including phenoxy) is 3. The Balaban J connectivity index is 2.11. The van der Waals surface area contributed by atoms with E-state index >= 15 is 0 Å². The molecule has 282 valence electrons. The second-order valence-electron chi connectivity index (χ2n) is 14.4. The van der Waals surface area contributed by atoms with Gasteiger partial charge in [-0.3, -0.25) is 14.4 Å². The summed E-state index contributed by atoms with van der Waals surface area (Å²) >= 11 is 0. The number of nitrogens with one attached hydrogen (secondary N) is 1. The van der Waals surface area contributed by atoms with Gasteiger partial charge in [0, 0.05) is 6.42 Å². The third kappa shape index (κ3) is 18.0. The third-order valence-corrected chi connectivity index (χ3v) is 8.71. The van der Waals surface area contributed by atoms with Crippen molar-refractivity contribution in [3.63, 3.8) is 0 Å². The van der Waals surface area contributed by atoms with E-state index in [1.807, 2.05) is 30.3 Å². The predicted octanol–water partition coefficient (Wildman–Crippen LogP) is 7.27. The van der Waals surface area contributed by atoms with Crippen molar-refractivity contribution in [2.24, 2.45) is 5.73 Å². The maximum absolute atomic E-state index is 13.9. The molecule has 0 bridgehead atoms. The molecule has 3 atom stereocenters. The Morgan fingerprint density at radius 3 is 2.06 bits per heavy atom. The number of imide groups is 1. The van der Waals surface area contributed by atoms with Gasteiger partial charge in [-0.15, -0.1) is 0 Å². The summed E-state index contributed by atoms with van der Waals surface area (Å²) in [6.45, 7) is 7.95. The molecular weight excluding hydrogens is 638 g/mol. The molecule has 1 fully saturated rings. The Hall–Kier alpha value is -3.47. The molecule has 1 aromatic carbocycles. The number of esters is 2. The number of hydrogen-bond acceptors (Lipinski definition) is 9. The number of benzene rings is 1. The number of unbranched alkanes of at least 4 members (excludes halogenated alkanes) is 10. The normalized spacial score (nSPS) is 15.6. The number of nitrogens with zero attached hydrogens (tertiary/aromatic N) is 1. The highest BCUT2D eigenvalue weighted by Gasteiger charge is 2.42. The standard InChI is InChI=1S/C39H63N3O8/c1-5-6-7-8-9-10-11-12-13-14-18-23-31(28-34(40)43)49-37(46)33(25-19-26-35(44)48-29-30-21-16-15-17-22-30)42(38(47)50-39(2,3)4)36(45)32-24-20-27-41-32/h15-17,21-22,31-33,41H,5-14,18-20,23-29H2,1-4H3,(H2,40,43)/t31-,32+,33-/m0/s1. The number of carbonyl (C=O) groups excluding carboxylic acids is 5. The maximum Gasteiger partial charge on any atom is 0.417 e. The largest absolute Gasteiger partial charge is 0.461 e. The lowest BCUT2D eigenvalue weighted by Gasteiger charge is -2.33.